The number of rotatable bonds is 7. The topological polar surface area (TPSA) is 58.4 Å². The summed E-state index contributed by atoms with van der Waals surface area (Å²) in [5.74, 6) is -1.63. The maximum Gasteiger partial charge on any atom is 0.237 e. The first kappa shape index (κ1) is 19.0. The minimum Gasteiger partial charge on any atom is -0.353 e. The summed E-state index contributed by atoms with van der Waals surface area (Å²) in [6, 6.07) is 11.8. The first-order valence-electron chi connectivity index (χ1n) is 8.07. The molecule has 0 saturated carbocycles. The second-order valence-corrected chi connectivity index (χ2v) is 6.16. The number of carbonyl (C=O) groups is 1. The highest BCUT2D eigenvalue weighted by molar-refractivity contribution is 5.81. The van der Waals surface area contributed by atoms with Crippen LogP contribution in [0.1, 0.15) is 17.2 Å². The largest absolute Gasteiger partial charge is 0.353 e. The summed E-state index contributed by atoms with van der Waals surface area (Å²) in [6.07, 6.45) is 0.396. The Hall–Kier alpha value is -2.31. The van der Waals surface area contributed by atoms with Gasteiger partial charge in [0.15, 0.2) is 0 Å². The van der Waals surface area contributed by atoms with Gasteiger partial charge >= 0.3 is 0 Å². The van der Waals surface area contributed by atoms with Crippen molar-refractivity contribution in [3.05, 3.63) is 71.3 Å². The Kier molecular flexibility index (Phi) is 6.61. The molecule has 0 aliphatic rings. The van der Waals surface area contributed by atoms with E-state index in [1.54, 1.807) is 19.0 Å². The summed E-state index contributed by atoms with van der Waals surface area (Å²) in [7, 11) is 3.40. The predicted octanol–water partition coefficient (Wildman–Crippen LogP) is 2.25. The molecule has 2 unspecified atom stereocenters. The fourth-order valence-electron chi connectivity index (χ4n) is 2.66. The maximum atomic E-state index is 14.0. The van der Waals surface area contributed by atoms with Gasteiger partial charge in [-0.1, -0.05) is 36.4 Å². The number of carbonyl (C=O) groups excluding carboxylic acids is 1. The van der Waals surface area contributed by atoms with Crippen molar-refractivity contribution < 1.29 is 13.6 Å². The third-order valence-electron chi connectivity index (χ3n) is 4.06. The minimum atomic E-state index is -0.726. The molecule has 1 amide bonds. The van der Waals surface area contributed by atoms with E-state index in [9.17, 15) is 13.6 Å². The van der Waals surface area contributed by atoms with Crippen molar-refractivity contribution in [2.45, 2.75) is 18.5 Å². The first-order chi connectivity index (χ1) is 11.9. The molecule has 0 fully saturated rings. The number of hydrogen-bond acceptors (Lipinski definition) is 3. The highest BCUT2D eigenvalue weighted by atomic mass is 19.1. The van der Waals surface area contributed by atoms with E-state index in [-0.39, 0.29) is 18.0 Å². The molecule has 0 aromatic heterocycles. The molecule has 2 rings (SSSR count). The molecule has 0 radical (unpaired) electrons. The van der Waals surface area contributed by atoms with E-state index >= 15 is 0 Å². The lowest BCUT2D eigenvalue weighted by Crippen LogP contribution is -2.45. The van der Waals surface area contributed by atoms with Crippen molar-refractivity contribution in [2.75, 3.05) is 20.6 Å². The Labute approximate surface area is 146 Å². The van der Waals surface area contributed by atoms with Gasteiger partial charge in [0, 0.05) is 12.1 Å². The van der Waals surface area contributed by atoms with Gasteiger partial charge < -0.3 is 16.0 Å². The molecule has 134 valence electrons. The molecule has 2 atom stereocenters. The lowest BCUT2D eigenvalue weighted by molar-refractivity contribution is -0.122. The summed E-state index contributed by atoms with van der Waals surface area (Å²) in [4.78, 5) is 13.9. The maximum absolute atomic E-state index is 14.0. The van der Waals surface area contributed by atoms with Gasteiger partial charge in [-0.25, -0.2) is 8.78 Å². The summed E-state index contributed by atoms with van der Waals surface area (Å²) < 4.78 is 28.1. The lowest BCUT2D eigenvalue weighted by atomic mass is 10.0. The zero-order chi connectivity index (χ0) is 18.4. The molecule has 6 heteroatoms. The van der Waals surface area contributed by atoms with Gasteiger partial charge in [0.25, 0.3) is 0 Å². The number of amides is 1. The van der Waals surface area contributed by atoms with Crippen molar-refractivity contribution in [3.63, 3.8) is 0 Å². The van der Waals surface area contributed by atoms with E-state index in [1.807, 2.05) is 30.3 Å². The Morgan fingerprint density at radius 3 is 2.24 bits per heavy atom. The van der Waals surface area contributed by atoms with Gasteiger partial charge in [0.1, 0.15) is 11.6 Å². The molecular weight excluding hydrogens is 324 g/mol. The molecule has 4 nitrogen and oxygen atoms in total. The fraction of sp³-hybridized carbons (Fsp3) is 0.316. The van der Waals surface area contributed by atoms with Gasteiger partial charge in [-0.3, -0.25) is 4.79 Å². The number of nitrogens with zero attached hydrogens (tertiary/aromatic N) is 1. The summed E-state index contributed by atoms with van der Waals surface area (Å²) in [6.45, 7) is 0.0617. The molecule has 0 heterocycles. The van der Waals surface area contributed by atoms with Crippen molar-refractivity contribution in [1.82, 2.24) is 10.2 Å². The van der Waals surface area contributed by atoms with Crippen LogP contribution in [0.15, 0.2) is 48.5 Å². The quantitative estimate of drug-likeness (QED) is 0.808. The van der Waals surface area contributed by atoms with Gasteiger partial charge in [0.05, 0.1) is 12.1 Å². The summed E-state index contributed by atoms with van der Waals surface area (Å²) in [5, 5.41) is 2.70. The first-order valence-corrected chi connectivity index (χ1v) is 8.07. The van der Waals surface area contributed by atoms with E-state index in [0.29, 0.717) is 6.42 Å². The van der Waals surface area contributed by atoms with E-state index in [4.69, 9.17) is 5.73 Å². The van der Waals surface area contributed by atoms with Crippen molar-refractivity contribution >= 4 is 5.91 Å². The van der Waals surface area contributed by atoms with E-state index in [2.05, 4.69) is 5.32 Å². The number of nitrogens with one attached hydrogen (secondary N) is 1. The van der Waals surface area contributed by atoms with Crippen molar-refractivity contribution in [2.24, 2.45) is 5.73 Å². The third-order valence-corrected chi connectivity index (χ3v) is 4.06. The molecule has 0 aliphatic carbocycles. The SMILES string of the molecule is CN(C)C(CNC(=O)C(N)Cc1ccccc1)c1c(F)cccc1F. The zero-order valence-electron chi connectivity index (χ0n) is 14.4. The van der Waals surface area contributed by atoms with Crippen LogP contribution >= 0.6 is 0 Å². The molecule has 25 heavy (non-hydrogen) atoms. The molecule has 3 N–H and O–H groups in total. The molecule has 0 saturated heterocycles. The van der Waals surface area contributed by atoms with Crippen LogP contribution in [-0.2, 0) is 11.2 Å². The standard InChI is InChI=1S/C19H23F2N3O/c1-24(2)17(18-14(20)9-6-10-15(18)21)12-23-19(25)16(22)11-13-7-4-3-5-8-13/h3-10,16-17H,11-12,22H2,1-2H3,(H,23,25). The highest BCUT2D eigenvalue weighted by Crippen LogP contribution is 2.23. The Bertz CT molecular complexity index is 687. The number of hydrogen-bond donors (Lipinski definition) is 2. The van der Waals surface area contributed by atoms with Crippen LogP contribution in [0.4, 0.5) is 8.78 Å². The van der Waals surface area contributed by atoms with Gasteiger partial charge in [0.2, 0.25) is 5.91 Å². The lowest BCUT2D eigenvalue weighted by Gasteiger charge is -2.26. The summed E-state index contributed by atoms with van der Waals surface area (Å²) >= 11 is 0. The highest BCUT2D eigenvalue weighted by Gasteiger charge is 2.24. The molecule has 2 aromatic rings. The van der Waals surface area contributed by atoms with Crippen LogP contribution in [0.25, 0.3) is 0 Å². The Morgan fingerprint density at radius 2 is 1.68 bits per heavy atom. The molecule has 0 aliphatic heterocycles. The second-order valence-electron chi connectivity index (χ2n) is 6.16. The van der Waals surface area contributed by atoms with Crippen LogP contribution in [-0.4, -0.2) is 37.5 Å². The zero-order valence-corrected chi connectivity index (χ0v) is 14.4. The van der Waals surface area contributed by atoms with Crippen LogP contribution in [0.2, 0.25) is 0 Å². The fourth-order valence-corrected chi connectivity index (χ4v) is 2.66. The number of nitrogens with two attached hydrogens (primary N) is 1. The van der Waals surface area contributed by atoms with Crippen molar-refractivity contribution in [1.29, 1.82) is 0 Å². The van der Waals surface area contributed by atoms with Crippen LogP contribution < -0.4 is 11.1 Å². The predicted molar refractivity (Wildman–Crippen MR) is 93.9 cm³/mol. The molecular formula is C19H23F2N3O. The van der Waals surface area contributed by atoms with Crippen LogP contribution in [0.3, 0.4) is 0 Å². The third kappa shape index (κ3) is 5.08. The normalized spacial score (nSPS) is 13.5. The number of benzene rings is 2. The molecule has 0 spiro atoms. The van der Waals surface area contributed by atoms with Gasteiger partial charge in [-0.2, -0.15) is 0 Å². The van der Waals surface area contributed by atoms with Crippen LogP contribution in [0, 0.1) is 11.6 Å². The number of halogens is 2. The smallest absolute Gasteiger partial charge is 0.237 e. The van der Waals surface area contributed by atoms with Crippen LogP contribution in [0.5, 0.6) is 0 Å². The van der Waals surface area contributed by atoms with Gasteiger partial charge in [-0.15, -0.1) is 0 Å². The second kappa shape index (κ2) is 8.69. The molecule has 0 bridgehead atoms. The average molecular weight is 347 g/mol. The Balaban J connectivity index is 2.02. The Morgan fingerprint density at radius 1 is 1.08 bits per heavy atom. The van der Waals surface area contributed by atoms with Gasteiger partial charge in [-0.05, 0) is 38.2 Å². The van der Waals surface area contributed by atoms with E-state index < -0.39 is 23.7 Å². The summed E-state index contributed by atoms with van der Waals surface area (Å²) in [5.41, 5.74) is 6.82. The molecule has 2 aromatic carbocycles. The van der Waals surface area contributed by atoms with E-state index in [0.717, 1.165) is 5.56 Å². The minimum absolute atomic E-state index is 0.0617. The number of likely N-dealkylation sites (N-methyl/N-ethyl adjacent to an activating group) is 1. The average Bonchev–Trinajstić information content (AvgIpc) is 2.57. The van der Waals surface area contributed by atoms with E-state index in [1.165, 1.54) is 18.2 Å². The monoisotopic (exact) mass is 347 g/mol. The van der Waals surface area contributed by atoms with Crippen molar-refractivity contribution in [3.8, 4) is 0 Å².